The highest BCUT2D eigenvalue weighted by molar-refractivity contribution is 5.33. The molecule has 0 spiro atoms. The van der Waals surface area contributed by atoms with Crippen LogP contribution in [0.15, 0.2) is 24.3 Å². The van der Waals surface area contributed by atoms with Gasteiger partial charge in [0.2, 0.25) is 0 Å². The Morgan fingerprint density at radius 2 is 1.89 bits per heavy atom. The third-order valence-electron chi connectivity index (χ3n) is 4.29. The van der Waals surface area contributed by atoms with Crippen LogP contribution in [-0.4, -0.2) is 13.2 Å². The molecule has 19 heavy (non-hydrogen) atoms. The molecule has 0 saturated heterocycles. The predicted octanol–water partition coefficient (Wildman–Crippen LogP) is 4.53. The number of benzene rings is 1. The smallest absolute Gasteiger partial charge is 0.123 e. The first-order valence-corrected chi connectivity index (χ1v) is 7.41. The number of methoxy groups -OCH3 is 1. The van der Waals surface area contributed by atoms with Gasteiger partial charge in [0, 0.05) is 6.07 Å². The highest BCUT2D eigenvalue weighted by atomic mass is 16.5. The van der Waals surface area contributed by atoms with E-state index in [-0.39, 0.29) is 0 Å². The Hall–Kier alpha value is -1.18. The molecule has 3 atom stereocenters. The van der Waals surface area contributed by atoms with Crippen LogP contribution < -0.4 is 9.47 Å². The van der Waals surface area contributed by atoms with Crippen LogP contribution >= 0.6 is 0 Å². The first-order chi connectivity index (χ1) is 9.10. The summed E-state index contributed by atoms with van der Waals surface area (Å²) in [6.07, 6.45) is 4.13. The van der Waals surface area contributed by atoms with Crippen LogP contribution in [0.4, 0.5) is 0 Å². The molecule has 106 valence electrons. The molecule has 1 fully saturated rings. The first-order valence-electron chi connectivity index (χ1n) is 7.41. The zero-order chi connectivity index (χ0) is 13.8. The fourth-order valence-corrected chi connectivity index (χ4v) is 3.10. The summed E-state index contributed by atoms with van der Waals surface area (Å²) in [5.74, 6) is 3.92. The maximum absolute atomic E-state index is 6.26. The van der Waals surface area contributed by atoms with Gasteiger partial charge in [-0.15, -0.1) is 0 Å². The van der Waals surface area contributed by atoms with Gasteiger partial charge in [0.05, 0.1) is 7.11 Å². The molecular weight excluding hydrogens is 236 g/mol. The van der Waals surface area contributed by atoms with Gasteiger partial charge < -0.3 is 9.47 Å². The molecule has 1 saturated carbocycles. The van der Waals surface area contributed by atoms with Gasteiger partial charge >= 0.3 is 0 Å². The van der Waals surface area contributed by atoms with Crippen molar-refractivity contribution in [1.82, 2.24) is 0 Å². The standard InChI is InChI=1S/C17H26O2/c1-12(2)16-9-8-13(3)10-17(16)19-15-7-5-6-14(11-15)18-4/h5-7,11-13,16-17H,8-10H2,1-4H3/t13?,16-,17+/m0/s1. The van der Waals surface area contributed by atoms with Crippen molar-refractivity contribution in [3.63, 3.8) is 0 Å². The average molecular weight is 262 g/mol. The average Bonchev–Trinajstić information content (AvgIpc) is 2.38. The van der Waals surface area contributed by atoms with Gasteiger partial charge in [-0.1, -0.05) is 33.3 Å². The fraction of sp³-hybridized carbons (Fsp3) is 0.647. The molecule has 0 radical (unpaired) electrons. The lowest BCUT2D eigenvalue weighted by Gasteiger charge is -2.37. The van der Waals surface area contributed by atoms with Crippen molar-refractivity contribution in [2.24, 2.45) is 17.8 Å². The lowest BCUT2D eigenvalue weighted by atomic mass is 9.75. The molecule has 0 aliphatic heterocycles. The molecule has 1 aromatic carbocycles. The molecule has 2 rings (SSSR count). The number of ether oxygens (including phenoxy) is 2. The predicted molar refractivity (Wildman–Crippen MR) is 78.8 cm³/mol. The van der Waals surface area contributed by atoms with Crippen LogP contribution in [0.25, 0.3) is 0 Å². The van der Waals surface area contributed by atoms with E-state index in [0.717, 1.165) is 17.4 Å². The van der Waals surface area contributed by atoms with Crippen LogP contribution in [0, 0.1) is 17.8 Å². The van der Waals surface area contributed by atoms with E-state index in [9.17, 15) is 0 Å². The van der Waals surface area contributed by atoms with Crippen molar-refractivity contribution in [3.05, 3.63) is 24.3 Å². The number of rotatable bonds is 4. The molecule has 0 heterocycles. The topological polar surface area (TPSA) is 18.5 Å². The summed E-state index contributed by atoms with van der Waals surface area (Å²) in [5, 5.41) is 0. The SMILES string of the molecule is COc1cccc(O[C@@H]2CC(C)CC[C@H]2C(C)C)c1. The summed E-state index contributed by atoms with van der Waals surface area (Å²) >= 11 is 0. The van der Waals surface area contributed by atoms with Gasteiger partial charge in [-0.2, -0.15) is 0 Å². The Morgan fingerprint density at radius 3 is 2.58 bits per heavy atom. The summed E-state index contributed by atoms with van der Waals surface area (Å²) in [7, 11) is 1.69. The first kappa shape index (κ1) is 14.2. The molecule has 1 aromatic rings. The van der Waals surface area contributed by atoms with Crippen LogP contribution in [-0.2, 0) is 0 Å². The van der Waals surface area contributed by atoms with E-state index in [1.54, 1.807) is 7.11 Å². The van der Waals surface area contributed by atoms with Crippen molar-refractivity contribution in [2.75, 3.05) is 7.11 Å². The van der Waals surface area contributed by atoms with E-state index in [0.29, 0.717) is 17.9 Å². The second kappa shape index (κ2) is 6.31. The third kappa shape index (κ3) is 3.65. The summed E-state index contributed by atoms with van der Waals surface area (Å²) < 4.78 is 11.5. The van der Waals surface area contributed by atoms with Gasteiger partial charge in [0.15, 0.2) is 0 Å². The van der Waals surface area contributed by atoms with Gasteiger partial charge in [0.25, 0.3) is 0 Å². The minimum Gasteiger partial charge on any atom is -0.497 e. The summed E-state index contributed by atoms with van der Waals surface area (Å²) in [6.45, 7) is 6.95. The molecule has 1 aliphatic carbocycles. The second-order valence-electron chi connectivity index (χ2n) is 6.16. The minimum atomic E-state index is 0.343. The van der Waals surface area contributed by atoms with Crippen molar-refractivity contribution >= 4 is 0 Å². The van der Waals surface area contributed by atoms with Crippen molar-refractivity contribution in [2.45, 2.75) is 46.1 Å². The van der Waals surface area contributed by atoms with Crippen molar-refractivity contribution in [3.8, 4) is 11.5 Å². The van der Waals surface area contributed by atoms with Gasteiger partial charge in [-0.25, -0.2) is 0 Å². The monoisotopic (exact) mass is 262 g/mol. The lowest BCUT2D eigenvalue weighted by molar-refractivity contribution is 0.0459. The second-order valence-corrected chi connectivity index (χ2v) is 6.16. The fourth-order valence-electron chi connectivity index (χ4n) is 3.10. The highest BCUT2D eigenvalue weighted by Crippen LogP contribution is 2.36. The van der Waals surface area contributed by atoms with E-state index in [1.807, 2.05) is 24.3 Å². The van der Waals surface area contributed by atoms with Crippen LogP contribution in [0.2, 0.25) is 0 Å². The molecule has 0 N–H and O–H groups in total. The largest absolute Gasteiger partial charge is 0.497 e. The highest BCUT2D eigenvalue weighted by Gasteiger charge is 2.32. The van der Waals surface area contributed by atoms with Crippen LogP contribution in [0.1, 0.15) is 40.0 Å². The molecule has 1 aliphatic rings. The minimum absolute atomic E-state index is 0.343. The van der Waals surface area contributed by atoms with Gasteiger partial charge in [-0.3, -0.25) is 0 Å². The number of hydrogen-bond donors (Lipinski definition) is 0. The van der Waals surface area contributed by atoms with Crippen molar-refractivity contribution < 1.29 is 9.47 Å². The molecule has 0 amide bonds. The summed E-state index contributed by atoms with van der Waals surface area (Å²) in [4.78, 5) is 0. The molecule has 0 bridgehead atoms. The van der Waals surface area contributed by atoms with Gasteiger partial charge in [0.1, 0.15) is 17.6 Å². The van der Waals surface area contributed by atoms with E-state index < -0.39 is 0 Å². The lowest BCUT2D eigenvalue weighted by Crippen LogP contribution is -2.36. The van der Waals surface area contributed by atoms with E-state index in [4.69, 9.17) is 9.47 Å². The zero-order valence-corrected chi connectivity index (χ0v) is 12.6. The van der Waals surface area contributed by atoms with E-state index in [1.165, 1.54) is 19.3 Å². The normalized spacial score (nSPS) is 27.3. The van der Waals surface area contributed by atoms with E-state index >= 15 is 0 Å². The van der Waals surface area contributed by atoms with E-state index in [2.05, 4.69) is 20.8 Å². The van der Waals surface area contributed by atoms with Crippen molar-refractivity contribution in [1.29, 1.82) is 0 Å². The van der Waals surface area contributed by atoms with Crippen LogP contribution in [0.5, 0.6) is 11.5 Å². The Bertz CT molecular complexity index is 400. The molecule has 2 heteroatoms. The van der Waals surface area contributed by atoms with Crippen LogP contribution in [0.3, 0.4) is 0 Å². The molecule has 2 nitrogen and oxygen atoms in total. The third-order valence-corrected chi connectivity index (χ3v) is 4.29. The Labute approximate surface area is 117 Å². The summed E-state index contributed by atoms with van der Waals surface area (Å²) in [5.41, 5.74) is 0. The molecule has 1 unspecified atom stereocenters. The van der Waals surface area contributed by atoms with Gasteiger partial charge in [-0.05, 0) is 42.7 Å². The Morgan fingerprint density at radius 1 is 1.16 bits per heavy atom. The molecule has 0 aromatic heterocycles. The molecular formula is C17H26O2. The maximum Gasteiger partial charge on any atom is 0.123 e. The maximum atomic E-state index is 6.26. The zero-order valence-electron chi connectivity index (χ0n) is 12.6. The summed E-state index contributed by atoms with van der Waals surface area (Å²) in [6, 6.07) is 7.96. The Balaban J connectivity index is 2.09. The Kier molecular flexibility index (Phi) is 4.73. The number of hydrogen-bond acceptors (Lipinski definition) is 2. The quantitative estimate of drug-likeness (QED) is 0.793.